The van der Waals surface area contributed by atoms with Gasteiger partial charge in [-0.25, -0.2) is 12.7 Å². The van der Waals surface area contributed by atoms with E-state index in [1.165, 1.54) is 30.9 Å². The second-order valence-corrected chi connectivity index (χ2v) is 9.89. The van der Waals surface area contributed by atoms with E-state index in [4.69, 9.17) is 0 Å². The van der Waals surface area contributed by atoms with E-state index in [1.54, 1.807) is 0 Å². The molecule has 4 nitrogen and oxygen atoms in total. The van der Waals surface area contributed by atoms with Crippen LogP contribution < -0.4 is 0 Å². The number of sulfonamides is 1. The zero-order chi connectivity index (χ0) is 19.7. The number of halogens is 3. The van der Waals surface area contributed by atoms with Gasteiger partial charge in [0, 0.05) is 20.1 Å². The normalized spacial score (nSPS) is 24.8. The summed E-state index contributed by atoms with van der Waals surface area (Å²) in [4.78, 5) is 2.39. The number of benzene rings is 1. The Morgan fingerprint density at radius 3 is 2.07 bits per heavy atom. The largest absolute Gasteiger partial charge is 0.416 e. The molecule has 0 amide bonds. The molecule has 1 aliphatic heterocycles. The van der Waals surface area contributed by atoms with Crippen molar-refractivity contribution in [1.29, 1.82) is 0 Å². The fourth-order valence-corrected chi connectivity index (χ4v) is 5.23. The van der Waals surface area contributed by atoms with E-state index in [2.05, 4.69) is 4.90 Å². The zero-order valence-corrected chi connectivity index (χ0v) is 16.4. The molecule has 8 heteroatoms. The molecule has 1 saturated heterocycles. The van der Waals surface area contributed by atoms with E-state index in [0.29, 0.717) is 18.4 Å². The number of hydrogen-bond donors (Lipinski definition) is 0. The molecular formula is C19H27F3N2O2S. The van der Waals surface area contributed by atoms with Crippen molar-refractivity contribution >= 4 is 10.0 Å². The number of nitrogens with zero attached hydrogens (tertiary/aromatic N) is 2. The molecule has 1 aromatic rings. The Labute approximate surface area is 159 Å². The van der Waals surface area contributed by atoms with Gasteiger partial charge in [-0.2, -0.15) is 13.2 Å². The number of hydrogen-bond acceptors (Lipinski definition) is 3. The molecular weight excluding hydrogens is 377 g/mol. The highest BCUT2D eigenvalue weighted by molar-refractivity contribution is 7.89. The van der Waals surface area contributed by atoms with Crippen LogP contribution in [0.25, 0.3) is 0 Å². The molecule has 2 fully saturated rings. The van der Waals surface area contributed by atoms with Gasteiger partial charge in [0.25, 0.3) is 0 Å². The van der Waals surface area contributed by atoms with E-state index in [9.17, 15) is 21.6 Å². The monoisotopic (exact) mass is 404 g/mol. The summed E-state index contributed by atoms with van der Waals surface area (Å²) in [5.41, 5.74) is -0.843. The summed E-state index contributed by atoms with van der Waals surface area (Å²) < 4.78 is 64.6. The second kappa shape index (κ2) is 8.09. The number of likely N-dealkylation sites (tertiary alicyclic amines) is 1. The van der Waals surface area contributed by atoms with Crippen molar-refractivity contribution in [2.24, 2.45) is 11.8 Å². The standard InChI is InChI=1S/C19H27F3N2O2S/c1-23(13-15-3-5-16(6-4-15)14-24-11-2-12-24)27(25,26)18-9-7-17(8-10-18)19(20,21)22/h7-10,15-16H,2-6,11-14H2,1H3/t15-,16-. The van der Waals surface area contributed by atoms with E-state index in [-0.39, 0.29) is 4.90 Å². The highest BCUT2D eigenvalue weighted by Crippen LogP contribution is 2.32. The van der Waals surface area contributed by atoms with Crippen molar-refractivity contribution in [3.63, 3.8) is 0 Å². The van der Waals surface area contributed by atoms with Gasteiger partial charge in [0.1, 0.15) is 0 Å². The lowest BCUT2D eigenvalue weighted by Crippen LogP contribution is -2.41. The molecule has 0 radical (unpaired) electrons. The van der Waals surface area contributed by atoms with Crippen molar-refractivity contribution in [1.82, 2.24) is 9.21 Å². The summed E-state index contributed by atoms with van der Waals surface area (Å²) >= 11 is 0. The van der Waals surface area contributed by atoms with Crippen molar-refractivity contribution in [3.8, 4) is 0 Å². The van der Waals surface area contributed by atoms with Crippen LogP contribution in [-0.2, 0) is 16.2 Å². The molecule has 0 atom stereocenters. The van der Waals surface area contributed by atoms with Gasteiger partial charge in [-0.15, -0.1) is 0 Å². The Morgan fingerprint density at radius 1 is 1.04 bits per heavy atom. The van der Waals surface area contributed by atoms with E-state index >= 15 is 0 Å². The fourth-order valence-electron chi connectivity index (χ4n) is 3.98. The Morgan fingerprint density at radius 2 is 1.59 bits per heavy atom. The van der Waals surface area contributed by atoms with Gasteiger partial charge in [0.15, 0.2) is 0 Å². The summed E-state index contributed by atoms with van der Waals surface area (Å²) in [5, 5.41) is 0. The summed E-state index contributed by atoms with van der Waals surface area (Å²) in [5.74, 6) is 1.02. The van der Waals surface area contributed by atoms with Crippen LogP contribution in [0.2, 0.25) is 0 Å². The topological polar surface area (TPSA) is 40.6 Å². The number of alkyl halides is 3. The van der Waals surface area contributed by atoms with E-state index < -0.39 is 21.8 Å². The molecule has 27 heavy (non-hydrogen) atoms. The van der Waals surface area contributed by atoms with Crippen molar-refractivity contribution in [3.05, 3.63) is 29.8 Å². The summed E-state index contributed by atoms with van der Waals surface area (Å²) in [6.07, 6.45) is 1.08. The van der Waals surface area contributed by atoms with E-state index in [0.717, 1.165) is 56.5 Å². The maximum Gasteiger partial charge on any atom is 0.416 e. The SMILES string of the molecule is CN(C[C@H]1CC[C@H](CN2CCC2)CC1)S(=O)(=O)c1ccc(C(F)(F)F)cc1. The maximum atomic E-state index is 12.7. The molecule has 2 aliphatic rings. The van der Waals surface area contributed by atoms with Crippen LogP contribution in [0.15, 0.2) is 29.2 Å². The Hall–Kier alpha value is -1.12. The number of rotatable bonds is 6. The third-order valence-electron chi connectivity index (χ3n) is 5.84. The van der Waals surface area contributed by atoms with Crippen LogP contribution in [0.3, 0.4) is 0 Å². The lowest BCUT2D eigenvalue weighted by atomic mass is 9.81. The molecule has 1 saturated carbocycles. The maximum absolute atomic E-state index is 12.7. The summed E-state index contributed by atoms with van der Waals surface area (Å²) in [7, 11) is -2.26. The minimum Gasteiger partial charge on any atom is -0.303 e. The first kappa shape index (κ1) is 20.6. The first-order valence-corrected chi connectivity index (χ1v) is 11.0. The van der Waals surface area contributed by atoms with Crippen LogP contribution in [0.5, 0.6) is 0 Å². The van der Waals surface area contributed by atoms with Gasteiger partial charge in [0.05, 0.1) is 10.5 Å². The van der Waals surface area contributed by atoms with Crippen LogP contribution in [0.4, 0.5) is 13.2 Å². The van der Waals surface area contributed by atoms with Crippen LogP contribution >= 0.6 is 0 Å². The van der Waals surface area contributed by atoms with Crippen LogP contribution in [-0.4, -0.2) is 50.8 Å². The molecule has 0 unspecified atom stereocenters. The Balaban J connectivity index is 1.54. The summed E-state index contributed by atoms with van der Waals surface area (Å²) in [6, 6.07) is 3.72. The fraction of sp³-hybridized carbons (Fsp3) is 0.684. The van der Waals surface area contributed by atoms with Crippen molar-refractivity contribution < 1.29 is 21.6 Å². The first-order chi connectivity index (χ1) is 12.7. The third kappa shape index (κ3) is 5.03. The quantitative estimate of drug-likeness (QED) is 0.723. The van der Waals surface area contributed by atoms with Crippen molar-refractivity contribution in [2.45, 2.75) is 43.2 Å². The molecule has 1 aromatic carbocycles. The molecule has 0 spiro atoms. The zero-order valence-electron chi connectivity index (χ0n) is 15.6. The van der Waals surface area contributed by atoms with E-state index in [1.807, 2.05) is 0 Å². The molecule has 0 N–H and O–H groups in total. The van der Waals surface area contributed by atoms with Crippen molar-refractivity contribution in [2.75, 3.05) is 33.2 Å². The lowest BCUT2D eigenvalue weighted by Gasteiger charge is -2.37. The first-order valence-electron chi connectivity index (χ1n) is 9.52. The van der Waals surface area contributed by atoms with Crippen LogP contribution in [0, 0.1) is 11.8 Å². The molecule has 1 heterocycles. The minimum atomic E-state index is -4.47. The Bertz CT molecular complexity index is 722. The highest BCUT2D eigenvalue weighted by Gasteiger charge is 2.32. The van der Waals surface area contributed by atoms with Gasteiger partial charge in [-0.1, -0.05) is 0 Å². The molecule has 0 aromatic heterocycles. The molecule has 3 rings (SSSR count). The average molecular weight is 404 g/mol. The molecule has 0 bridgehead atoms. The average Bonchev–Trinajstić information content (AvgIpc) is 2.59. The van der Waals surface area contributed by atoms with Gasteiger partial charge in [-0.05, 0) is 81.3 Å². The molecule has 152 valence electrons. The van der Waals surface area contributed by atoms with Gasteiger partial charge in [-0.3, -0.25) is 0 Å². The molecule has 1 aliphatic carbocycles. The third-order valence-corrected chi connectivity index (χ3v) is 7.67. The lowest BCUT2D eigenvalue weighted by molar-refractivity contribution is -0.137. The van der Waals surface area contributed by atoms with Gasteiger partial charge >= 0.3 is 6.18 Å². The van der Waals surface area contributed by atoms with Gasteiger partial charge in [0.2, 0.25) is 10.0 Å². The Kier molecular flexibility index (Phi) is 6.17. The van der Waals surface area contributed by atoms with Crippen LogP contribution in [0.1, 0.15) is 37.7 Å². The predicted molar refractivity (Wildman–Crippen MR) is 97.8 cm³/mol. The predicted octanol–water partition coefficient (Wildman–Crippen LogP) is 3.84. The smallest absolute Gasteiger partial charge is 0.303 e. The summed E-state index contributed by atoms with van der Waals surface area (Å²) in [6.45, 7) is 3.98. The highest BCUT2D eigenvalue weighted by atomic mass is 32.2. The minimum absolute atomic E-state index is 0.0931. The second-order valence-electron chi connectivity index (χ2n) is 7.85. The van der Waals surface area contributed by atoms with Gasteiger partial charge < -0.3 is 4.90 Å².